The number of hydrogen-bond acceptors (Lipinski definition) is 5. The van der Waals surface area contributed by atoms with Crippen molar-refractivity contribution in [3.05, 3.63) is 53.0 Å². The van der Waals surface area contributed by atoms with E-state index in [1.54, 1.807) is 24.3 Å². The van der Waals surface area contributed by atoms with E-state index in [1.807, 2.05) is 13.8 Å². The van der Waals surface area contributed by atoms with Crippen LogP contribution < -0.4 is 14.8 Å². The van der Waals surface area contributed by atoms with E-state index in [2.05, 4.69) is 26.0 Å². The Hall–Kier alpha value is -2.10. The SMILES string of the molecule is CC(C)OCCCNC(=O)COc1ccc(S(=O)(=O)Nc2ccc(Br)cc2)cc1. The number of sulfonamides is 1. The number of amides is 1. The number of benzene rings is 2. The minimum absolute atomic E-state index is 0.0994. The maximum absolute atomic E-state index is 12.4. The summed E-state index contributed by atoms with van der Waals surface area (Å²) in [6.07, 6.45) is 0.896. The minimum Gasteiger partial charge on any atom is -0.484 e. The van der Waals surface area contributed by atoms with Crippen molar-refractivity contribution in [2.75, 3.05) is 24.5 Å². The summed E-state index contributed by atoms with van der Waals surface area (Å²) in [6.45, 7) is 4.87. The molecule has 7 nitrogen and oxygen atoms in total. The van der Waals surface area contributed by atoms with E-state index in [4.69, 9.17) is 9.47 Å². The molecule has 0 aliphatic carbocycles. The van der Waals surface area contributed by atoms with Gasteiger partial charge in [0.15, 0.2) is 6.61 Å². The van der Waals surface area contributed by atoms with Crippen LogP contribution in [0.5, 0.6) is 5.75 Å². The molecular weight excluding hydrogens is 460 g/mol. The third-order valence-corrected chi connectivity index (χ3v) is 5.62. The van der Waals surface area contributed by atoms with Crippen LogP contribution in [0.15, 0.2) is 57.9 Å². The average molecular weight is 485 g/mol. The molecule has 0 aliphatic heterocycles. The molecule has 1 amide bonds. The Kier molecular flexibility index (Phi) is 8.94. The fourth-order valence-corrected chi connectivity index (χ4v) is 3.59. The third-order valence-electron chi connectivity index (χ3n) is 3.69. The highest BCUT2D eigenvalue weighted by Crippen LogP contribution is 2.20. The zero-order chi connectivity index (χ0) is 21.3. The molecule has 0 saturated carbocycles. The van der Waals surface area contributed by atoms with E-state index in [0.717, 1.165) is 10.9 Å². The Labute approximate surface area is 180 Å². The van der Waals surface area contributed by atoms with Gasteiger partial charge in [0.05, 0.1) is 11.0 Å². The van der Waals surface area contributed by atoms with Crippen molar-refractivity contribution in [1.82, 2.24) is 5.32 Å². The maximum atomic E-state index is 12.4. The topological polar surface area (TPSA) is 93.7 Å². The predicted molar refractivity (Wildman–Crippen MR) is 116 cm³/mol. The second-order valence-corrected chi connectivity index (χ2v) is 9.09. The van der Waals surface area contributed by atoms with E-state index in [9.17, 15) is 13.2 Å². The van der Waals surface area contributed by atoms with Gasteiger partial charge >= 0.3 is 0 Å². The summed E-state index contributed by atoms with van der Waals surface area (Å²) in [4.78, 5) is 11.9. The highest BCUT2D eigenvalue weighted by Gasteiger charge is 2.14. The normalized spacial score (nSPS) is 11.3. The molecule has 0 bridgehead atoms. The zero-order valence-electron chi connectivity index (χ0n) is 16.4. The first-order valence-electron chi connectivity index (χ1n) is 9.16. The van der Waals surface area contributed by atoms with Gasteiger partial charge in [-0.25, -0.2) is 8.42 Å². The van der Waals surface area contributed by atoms with Crippen molar-refractivity contribution in [3.63, 3.8) is 0 Å². The van der Waals surface area contributed by atoms with Gasteiger partial charge in [-0.15, -0.1) is 0 Å². The Morgan fingerprint density at radius 1 is 1.07 bits per heavy atom. The Morgan fingerprint density at radius 2 is 1.72 bits per heavy atom. The van der Waals surface area contributed by atoms with Gasteiger partial charge < -0.3 is 14.8 Å². The molecule has 2 N–H and O–H groups in total. The van der Waals surface area contributed by atoms with Crippen LogP contribution in [0, 0.1) is 0 Å². The molecule has 0 radical (unpaired) electrons. The van der Waals surface area contributed by atoms with E-state index < -0.39 is 10.0 Å². The van der Waals surface area contributed by atoms with Crippen molar-refractivity contribution in [2.24, 2.45) is 0 Å². The van der Waals surface area contributed by atoms with E-state index in [0.29, 0.717) is 24.6 Å². The fourth-order valence-electron chi connectivity index (χ4n) is 2.27. The molecule has 0 aromatic heterocycles. The van der Waals surface area contributed by atoms with Crippen molar-refractivity contribution in [3.8, 4) is 5.75 Å². The van der Waals surface area contributed by atoms with Crippen LogP contribution in [0.25, 0.3) is 0 Å². The number of halogens is 1. The number of rotatable bonds is 11. The van der Waals surface area contributed by atoms with Crippen LogP contribution in [0.4, 0.5) is 5.69 Å². The lowest BCUT2D eigenvalue weighted by molar-refractivity contribution is -0.123. The number of anilines is 1. The lowest BCUT2D eigenvalue weighted by Gasteiger charge is -2.10. The molecule has 0 spiro atoms. The molecular formula is C20H25BrN2O5S. The lowest BCUT2D eigenvalue weighted by Crippen LogP contribution is -2.30. The van der Waals surface area contributed by atoms with Gasteiger partial charge in [0, 0.05) is 23.3 Å². The first-order valence-corrected chi connectivity index (χ1v) is 11.4. The van der Waals surface area contributed by atoms with Crippen LogP contribution in [0.2, 0.25) is 0 Å². The standard InChI is InChI=1S/C20H25BrN2O5S/c1-15(2)27-13-3-12-22-20(24)14-28-18-8-10-19(11-9-18)29(25,26)23-17-6-4-16(21)5-7-17/h4-11,15,23H,3,12-14H2,1-2H3,(H,22,24). The van der Waals surface area contributed by atoms with Gasteiger partial charge in [-0.2, -0.15) is 0 Å². The number of ether oxygens (including phenoxy) is 2. The van der Waals surface area contributed by atoms with Gasteiger partial charge in [-0.05, 0) is 68.8 Å². The molecule has 9 heteroatoms. The van der Waals surface area contributed by atoms with Crippen LogP contribution in [-0.2, 0) is 19.6 Å². The Bertz CT molecular complexity index is 884. The fraction of sp³-hybridized carbons (Fsp3) is 0.350. The van der Waals surface area contributed by atoms with Gasteiger partial charge in [-0.1, -0.05) is 15.9 Å². The lowest BCUT2D eigenvalue weighted by atomic mass is 10.3. The second-order valence-electron chi connectivity index (χ2n) is 6.50. The summed E-state index contributed by atoms with van der Waals surface area (Å²) in [6, 6.07) is 12.7. The summed E-state index contributed by atoms with van der Waals surface area (Å²) in [7, 11) is -3.71. The molecule has 2 rings (SSSR count). The van der Waals surface area contributed by atoms with E-state index >= 15 is 0 Å². The Balaban J connectivity index is 1.80. The van der Waals surface area contributed by atoms with E-state index in [1.165, 1.54) is 24.3 Å². The van der Waals surface area contributed by atoms with Crippen molar-refractivity contribution >= 4 is 37.5 Å². The Morgan fingerprint density at radius 3 is 2.34 bits per heavy atom. The largest absolute Gasteiger partial charge is 0.484 e. The number of carbonyl (C=O) groups excluding carboxylic acids is 1. The van der Waals surface area contributed by atoms with Gasteiger partial charge in [0.2, 0.25) is 0 Å². The van der Waals surface area contributed by atoms with Crippen molar-refractivity contribution in [1.29, 1.82) is 0 Å². The molecule has 0 heterocycles. The number of hydrogen-bond donors (Lipinski definition) is 2. The predicted octanol–water partition coefficient (Wildman–Crippen LogP) is 3.56. The molecule has 158 valence electrons. The van der Waals surface area contributed by atoms with Gasteiger partial charge in [0.25, 0.3) is 15.9 Å². The summed E-state index contributed by atoms with van der Waals surface area (Å²) in [5.74, 6) is 0.161. The van der Waals surface area contributed by atoms with E-state index in [-0.39, 0.29) is 23.5 Å². The van der Waals surface area contributed by atoms with Crippen LogP contribution in [-0.4, -0.2) is 40.2 Å². The average Bonchev–Trinajstić information content (AvgIpc) is 2.68. The van der Waals surface area contributed by atoms with Gasteiger partial charge in [-0.3, -0.25) is 9.52 Å². The molecule has 0 atom stereocenters. The molecule has 2 aromatic rings. The first kappa shape index (κ1) is 23.2. The van der Waals surface area contributed by atoms with Gasteiger partial charge in [0.1, 0.15) is 5.75 Å². The summed E-state index contributed by atoms with van der Waals surface area (Å²) in [5, 5.41) is 2.74. The maximum Gasteiger partial charge on any atom is 0.261 e. The third kappa shape index (κ3) is 8.43. The van der Waals surface area contributed by atoms with Crippen molar-refractivity contribution < 1.29 is 22.7 Å². The monoisotopic (exact) mass is 484 g/mol. The van der Waals surface area contributed by atoms with Crippen LogP contribution >= 0.6 is 15.9 Å². The molecule has 2 aromatic carbocycles. The van der Waals surface area contributed by atoms with Crippen molar-refractivity contribution in [2.45, 2.75) is 31.3 Å². The number of nitrogens with one attached hydrogen (secondary N) is 2. The summed E-state index contributed by atoms with van der Waals surface area (Å²) in [5.41, 5.74) is 0.462. The highest BCUT2D eigenvalue weighted by atomic mass is 79.9. The van der Waals surface area contributed by atoms with Crippen LogP contribution in [0.3, 0.4) is 0 Å². The minimum atomic E-state index is -3.71. The summed E-state index contributed by atoms with van der Waals surface area (Å²) < 4.78 is 39.0. The molecule has 0 unspecified atom stereocenters. The molecule has 0 saturated heterocycles. The summed E-state index contributed by atoms with van der Waals surface area (Å²) >= 11 is 3.30. The molecule has 29 heavy (non-hydrogen) atoms. The number of carbonyl (C=O) groups is 1. The molecule has 0 aliphatic rings. The quantitative estimate of drug-likeness (QED) is 0.475. The zero-order valence-corrected chi connectivity index (χ0v) is 18.8. The first-order chi connectivity index (χ1) is 13.8. The van der Waals surface area contributed by atoms with Crippen LogP contribution in [0.1, 0.15) is 20.3 Å². The second kappa shape index (κ2) is 11.2. The molecule has 0 fully saturated rings. The highest BCUT2D eigenvalue weighted by molar-refractivity contribution is 9.10. The smallest absolute Gasteiger partial charge is 0.261 e.